The SMILES string of the molecule is CNc1nc(C2CC2)nc(NC2CCCC2CO)c1C. The molecule has 2 aliphatic rings. The maximum absolute atomic E-state index is 9.45. The summed E-state index contributed by atoms with van der Waals surface area (Å²) >= 11 is 0. The standard InChI is InChI=1S/C15H24N4O/c1-9-13(16-2)18-15(10-6-7-10)19-14(9)17-12-5-3-4-11(12)8-20/h10-12,20H,3-8H2,1-2H3,(H2,16,17,18,19). The van der Waals surface area contributed by atoms with Crippen LogP contribution in [-0.2, 0) is 0 Å². The van der Waals surface area contributed by atoms with Crippen LogP contribution in [0.1, 0.15) is 49.4 Å². The molecule has 1 aromatic rings. The molecule has 0 spiro atoms. The molecule has 3 rings (SSSR count). The first-order valence-electron chi connectivity index (χ1n) is 7.66. The van der Waals surface area contributed by atoms with E-state index in [4.69, 9.17) is 4.98 Å². The van der Waals surface area contributed by atoms with Crippen LogP contribution in [-0.4, -0.2) is 34.8 Å². The Labute approximate surface area is 120 Å². The zero-order valence-electron chi connectivity index (χ0n) is 12.3. The van der Waals surface area contributed by atoms with E-state index in [9.17, 15) is 5.11 Å². The summed E-state index contributed by atoms with van der Waals surface area (Å²) in [6, 6.07) is 0.338. The number of aliphatic hydroxyl groups excluding tert-OH is 1. The highest BCUT2D eigenvalue weighted by molar-refractivity contribution is 5.57. The Kier molecular flexibility index (Phi) is 3.78. The molecule has 3 N–H and O–H groups in total. The molecule has 5 heteroatoms. The van der Waals surface area contributed by atoms with Crippen molar-refractivity contribution in [3.8, 4) is 0 Å². The van der Waals surface area contributed by atoms with Gasteiger partial charge in [-0.05, 0) is 32.6 Å². The zero-order valence-corrected chi connectivity index (χ0v) is 12.3. The van der Waals surface area contributed by atoms with Gasteiger partial charge < -0.3 is 15.7 Å². The highest BCUT2D eigenvalue weighted by Gasteiger charge is 2.30. The summed E-state index contributed by atoms with van der Waals surface area (Å²) in [5.74, 6) is 3.72. The molecule has 0 saturated heterocycles. The van der Waals surface area contributed by atoms with Crippen molar-refractivity contribution < 1.29 is 5.11 Å². The Hall–Kier alpha value is -1.36. The zero-order chi connectivity index (χ0) is 14.1. The molecule has 2 saturated carbocycles. The summed E-state index contributed by atoms with van der Waals surface area (Å²) in [6.45, 7) is 2.31. The van der Waals surface area contributed by atoms with Crippen LogP contribution in [0.15, 0.2) is 0 Å². The van der Waals surface area contributed by atoms with Crippen LogP contribution in [0.2, 0.25) is 0 Å². The topological polar surface area (TPSA) is 70.1 Å². The van der Waals surface area contributed by atoms with Gasteiger partial charge in [0.25, 0.3) is 0 Å². The fourth-order valence-electron chi connectivity index (χ4n) is 3.06. The lowest BCUT2D eigenvalue weighted by molar-refractivity contribution is 0.222. The number of aliphatic hydroxyl groups is 1. The molecule has 110 valence electrons. The van der Waals surface area contributed by atoms with E-state index in [1.807, 2.05) is 14.0 Å². The summed E-state index contributed by atoms with van der Waals surface area (Å²) in [4.78, 5) is 9.35. The van der Waals surface area contributed by atoms with Gasteiger partial charge in [0, 0.05) is 37.1 Å². The molecule has 0 aliphatic heterocycles. The number of anilines is 2. The van der Waals surface area contributed by atoms with Crippen LogP contribution < -0.4 is 10.6 Å². The third-order valence-corrected chi connectivity index (χ3v) is 4.56. The first kappa shape index (κ1) is 13.6. The minimum Gasteiger partial charge on any atom is -0.396 e. The van der Waals surface area contributed by atoms with Gasteiger partial charge in [0.2, 0.25) is 0 Å². The second-order valence-electron chi connectivity index (χ2n) is 6.05. The van der Waals surface area contributed by atoms with Crippen molar-refractivity contribution >= 4 is 11.6 Å². The quantitative estimate of drug-likeness (QED) is 0.769. The Morgan fingerprint density at radius 2 is 1.90 bits per heavy atom. The number of hydrogen-bond acceptors (Lipinski definition) is 5. The van der Waals surface area contributed by atoms with Crippen LogP contribution in [0.4, 0.5) is 11.6 Å². The van der Waals surface area contributed by atoms with Crippen molar-refractivity contribution in [3.05, 3.63) is 11.4 Å². The minimum absolute atomic E-state index is 0.260. The molecule has 2 aliphatic carbocycles. The van der Waals surface area contributed by atoms with Gasteiger partial charge >= 0.3 is 0 Å². The van der Waals surface area contributed by atoms with Crippen LogP contribution in [0, 0.1) is 12.8 Å². The number of aromatic nitrogens is 2. The first-order chi connectivity index (χ1) is 9.72. The third-order valence-electron chi connectivity index (χ3n) is 4.56. The Morgan fingerprint density at radius 3 is 2.55 bits per heavy atom. The van der Waals surface area contributed by atoms with Gasteiger partial charge in [-0.15, -0.1) is 0 Å². The maximum Gasteiger partial charge on any atom is 0.136 e. The molecular formula is C15H24N4O. The Bertz CT molecular complexity index is 487. The van der Waals surface area contributed by atoms with Crippen molar-refractivity contribution in [2.45, 2.75) is 51.0 Å². The van der Waals surface area contributed by atoms with E-state index in [2.05, 4.69) is 15.6 Å². The van der Waals surface area contributed by atoms with Gasteiger partial charge in [-0.3, -0.25) is 0 Å². The highest BCUT2D eigenvalue weighted by atomic mass is 16.3. The molecule has 0 bridgehead atoms. The fourth-order valence-corrected chi connectivity index (χ4v) is 3.06. The smallest absolute Gasteiger partial charge is 0.136 e. The van der Waals surface area contributed by atoms with Crippen LogP contribution in [0.5, 0.6) is 0 Å². The van der Waals surface area contributed by atoms with Crippen molar-refractivity contribution in [2.75, 3.05) is 24.3 Å². The highest BCUT2D eigenvalue weighted by Crippen LogP contribution is 2.40. The largest absolute Gasteiger partial charge is 0.396 e. The molecule has 0 amide bonds. The van der Waals surface area contributed by atoms with Crippen molar-refractivity contribution in [1.29, 1.82) is 0 Å². The lowest BCUT2D eigenvalue weighted by Gasteiger charge is -2.22. The molecule has 20 heavy (non-hydrogen) atoms. The van der Waals surface area contributed by atoms with Gasteiger partial charge in [-0.1, -0.05) is 6.42 Å². The summed E-state index contributed by atoms with van der Waals surface area (Å²) in [5.41, 5.74) is 1.07. The average molecular weight is 276 g/mol. The lowest BCUT2D eigenvalue weighted by Crippen LogP contribution is -2.27. The summed E-state index contributed by atoms with van der Waals surface area (Å²) < 4.78 is 0. The second kappa shape index (κ2) is 5.56. The molecule has 1 heterocycles. The van der Waals surface area contributed by atoms with Crippen LogP contribution in [0.25, 0.3) is 0 Å². The van der Waals surface area contributed by atoms with Crippen molar-refractivity contribution in [2.24, 2.45) is 5.92 Å². The van der Waals surface area contributed by atoms with Gasteiger partial charge in [0.05, 0.1) is 0 Å². The monoisotopic (exact) mass is 276 g/mol. The van der Waals surface area contributed by atoms with E-state index in [-0.39, 0.29) is 6.61 Å². The molecule has 0 radical (unpaired) electrons. The van der Waals surface area contributed by atoms with Crippen molar-refractivity contribution in [1.82, 2.24) is 9.97 Å². The predicted molar refractivity (Wildman–Crippen MR) is 80.1 cm³/mol. The minimum atomic E-state index is 0.260. The van der Waals surface area contributed by atoms with E-state index < -0.39 is 0 Å². The van der Waals surface area contributed by atoms with E-state index in [1.54, 1.807) is 0 Å². The van der Waals surface area contributed by atoms with Gasteiger partial charge in [-0.25, -0.2) is 9.97 Å². The first-order valence-corrected chi connectivity index (χ1v) is 7.66. The van der Waals surface area contributed by atoms with Gasteiger partial charge in [-0.2, -0.15) is 0 Å². The third kappa shape index (κ3) is 2.59. The fraction of sp³-hybridized carbons (Fsp3) is 0.733. The van der Waals surface area contributed by atoms with Crippen molar-refractivity contribution in [3.63, 3.8) is 0 Å². The summed E-state index contributed by atoms with van der Waals surface area (Å²) in [6.07, 6.45) is 5.80. The van der Waals surface area contributed by atoms with Gasteiger partial charge in [0.15, 0.2) is 0 Å². The molecule has 2 fully saturated rings. The van der Waals surface area contributed by atoms with E-state index in [0.717, 1.165) is 35.9 Å². The predicted octanol–water partition coefficient (Wildman–Crippen LogP) is 2.28. The van der Waals surface area contributed by atoms with E-state index >= 15 is 0 Å². The molecule has 0 aromatic carbocycles. The van der Waals surface area contributed by atoms with Crippen LogP contribution in [0.3, 0.4) is 0 Å². The van der Waals surface area contributed by atoms with Crippen LogP contribution >= 0.6 is 0 Å². The molecule has 2 atom stereocenters. The number of nitrogens with zero attached hydrogens (tertiary/aromatic N) is 2. The van der Waals surface area contributed by atoms with E-state index in [1.165, 1.54) is 19.3 Å². The summed E-state index contributed by atoms with van der Waals surface area (Å²) in [5, 5.41) is 16.2. The number of rotatable bonds is 5. The molecule has 2 unspecified atom stereocenters. The molecule has 5 nitrogen and oxygen atoms in total. The maximum atomic E-state index is 9.45. The second-order valence-corrected chi connectivity index (χ2v) is 6.05. The van der Waals surface area contributed by atoms with Gasteiger partial charge in [0.1, 0.15) is 17.5 Å². The molecule has 1 aromatic heterocycles. The number of nitrogens with one attached hydrogen (secondary N) is 2. The molecular weight excluding hydrogens is 252 g/mol. The Morgan fingerprint density at radius 1 is 1.15 bits per heavy atom. The lowest BCUT2D eigenvalue weighted by atomic mass is 10.0. The summed E-state index contributed by atoms with van der Waals surface area (Å²) in [7, 11) is 1.90. The van der Waals surface area contributed by atoms with E-state index in [0.29, 0.717) is 17.9 Å². The number of hydrogen-bond donors (Lipinski definition) is 3. The Balaban J connectivity index is 1.85. The average Bonchev–Trinajstić information content (AvgIpc) is 3.21. The normalized spacial score (nSPS) is 25.8.